The van der Waals surface area contributed by atoms with Gasteiger partial charge in [0.25, 0.3) is 0 Å². The largest absolute Gasteiger partial charge is 0.478 e. The lowest BCUT2D eigenvalue weighted by Gasteiger charge is -2.18. The van der Waals surface area contributed by atoms with Gasteiger partial charge in [0, 0.05) is 5.69 Å². The summed E-state index contributed by atoms with van der Waals surface area (Å²) < 4.78 is 4.59. The molecule has 2 saturated carbocycles. The normalized spacial score (nSPS) is 29.1. The molecule has 4 fully saturated rings. The van der Waals surface area contributed by atoms with Crippen molar-refractivity contribution in [3.63, 3.8) is 0 Å². The SMILES string of the molecule is Nc1cc(C(=O)O)cc(C(=O)O)c1.O=C(O)c1cc(C(=O)O)cc(N2C(=O)C3C4C=CC(C4)C3C2=O)c1.O=C1OC(=O)C2C3C=CC(C3)C12. The van der Waals surface area contributed by atoms with Gasteiger partial charge < -0.3 is 30.9 Å². The van der Waals surface area contributed by atoms with Crippen molar-refractivity contribution in [2.45, 2.75) is 12.8 Å². The lowest BCUT2D eigenvalue weighted by atomic mass is 9.85. The summed E-state index contributed by atoms with van der Waals surface area (Å²) in [5, 5.41) is 35.4. The second kappa shape index (κ2) is 12.2. The minimum Gasteiger partial charge on any atom is -0.478 e. The number of carboxylic acid groups (broad SMARTS) is 4. The summed E-state index contributed by atoms with van der Waals surface area (Å²) >= 11 is 0. The summed E-state index contributed by atoms with van der Waals surface area (Å²) in [4.78, 5) is 92.2. The van der Waals surface area contributed by atoms with Crippen molar-refractivity contribution >= 4 is 59.0 Å². The van der Waals surface area contributed by atoms with Crippen LogP contribution in [0.1, 0.15) is 54.3 Å². The van der Waals surface area contributed by atoms with Gasteiger partial charge in [-0.2, -0.15) is 0 Å². The smallest absolute Gasteiger partial charge is 0.335 e. The average molecular weight is 673 g/mol. The number of hydrogen-bond acceptors (Lipinski definition) is 10. The van der Waals surface area contributed by atoms with E-state index < -0.39 is 35.7 Å². The summed E-state index contributed by atoms with van der Waals surface area (Å²) in [6.45, 7) is 0. The number of nitrogens with two attached hydrogens (primary N) is 1. The van der Waals surface area contributed by atoms with Gasteiger partial charge in [-0.25, -0.2) is 24.1 Å². The number of hydrogen-bond donors (Lipinski definition) is 5. The van der Waals surface area contributed by atoms with E-state index in [9.17, 15) is 38.4 Å². The average Bonchev–Trinajstić information content (AvgIpc) is 3.90. The number of imide groups is 1. The van der Waals surface area contributed by atoms with Crippen molar-refractivity contribution in [2.24, 2.45) is 47.3 Å². The van der Waals surface area contributed by atoms with Crippen LogP contribution in [0.25, 0.3) is 0 Å². The zero-order valence-corrected chi connectivity index (χ0v) is 25.3. The van der Waals surface area contributed by atoms with E-state index in [1.54, 1.807) is 0 Å². The van der Waals surface area contributed by atoms with Gasteiger partial charge >= 0.3 is 35.8 Å². The van der Waals surface area contributed by atoms with E-state index in [-0.39, 0.29) is 92.9 Å². The highest BCUT2D eigenvalue weighted by Gasteiger charge is 2.60. The molecule has 4 bridgehead atoms. The van der Waals surface area contributed by atoms with Crippen LogP contribution < -0.4 is 10.6 Å². The maximum atomic E-state index is 12.7. The molecule has 2 saturated heterocycles. The Labute approximate surface area is 276 Å². The number of carboxylic acids is 4. The van der Waals surface area contributed by atoms with E-state index in [2.05, 4.69) is 4.74 Å². The van der Waals surface area contributed by atoms with Gasteiger partial charge in [-0.3, -0.25) is 19.2 Å². The molecule has 49 heavy (non-hydrogen) atoms. The molecule has 0 spiro atoms. The quantitative estimate of drug-likeness (QED) is 0.101. The molecule has 2 amide bonds. The number of cyclic esters (lactones) is 2. The van der Waals surface area contributed by atoms with Crippen LogP contribution in [0, 0.1) is 47.3 Å². The van der Waals surface area contributed by atoms with Crippen molar-refractivity contribution in [1.29, 1.82) is 0 Å². The Balaban J connectivity index is 0.000000140. The number of amides is 2. The Bertz CT molecular complexity index is 1810. The molecular weight excluding hydrogens is 644 g/mol. The maximum Gasteiger partial charge on any atom is 0.335 e. The molecule has 8 rings (SSSR count). The number of nitrogen functional groups attached to an aromatic ring is 1. The first-order valence-electron chi connectivity index (χ1n) is 15.1. The van der Waals surface area contributed by atoms with E-state index in [1.165, 1.54) is 24.3 Å². The highest BCUT2D eigenvalue weighted by atomic mass is 16.6. The van der Waals surface area contributed by atoms with Crippen LogP contribution in [0.2, 0.25) is 0 Å². The van der Waals surface area contributed by atoms with Gasteiger partial charge in [-0.15, -0.1) is 0 Å². The van der Waals surface area contributed by atoms with Crippen molar-refractivity contribution in [2.75, 3.05) is 10.6 Å². The fraction of sp³-hybridized carbons (Fsp3) is 0.294. The summed E-state index contributed by atoms with van der Waals surface area (Å²) in [5.41, 5.74) is 4.64. The first kappa shape index (κ1) is 32.8. The molecule has 2 aromatic rings. The topological polar surface area (TPSA) is 256 Å². The van der Waals surface area contributed by atoms with Gasteiger partial charge in [0.15, 0.2) is 0 Å². The molecule has 6 aliphatic rings. The number of ether oxygens (including phenoxy) is 1. The Hall–Kier alpha value is -6.12. The third kappa shape index (κ3) is 5.72. The number of carbonyl (C=O) groups is 8. The summed E-state index contributed by atoms with van der Waals surface area (Å²) in [6.07, 6.45) is 9.76. The Kier molecular flexibility index (Phi) is 8.14. The molecule has 6 N–H and O–H groups in total. The number of allylic oxidation sites excluding steroid dienone is 4. The zero-order valence-electron chi connectivity index (χ0n) is 25.3. The number of carbonyl (C=O) groups excluding carboxylic acids is 4. The van der Waals surface area contributed by atoms with Crippen molar-refractivity contribution in [3.05, 3.63) is 83.0 Å². The number of rotatable bonds is 5. The number of fused-ring (bicyclic) bond motifs is 10. The van der Waals surface area contributed by atoms with Crippen LogP contribution in [0.15, 0.2) is 60.7 Å². The molecule has 0 radical (unpaired) electrons. The van der Waals surface area contributed by atoms with Crippen LogP contribution in [-0.2, 0) is 23.9 Å². The van der Waals surface area contributed by atoms with Crippen LogP contribution in [0.5, 0.6) is 0 Å². The van der Waals surface area contributed by atoms with Gasteiger partial charge in [-0.1, -0.05) is 24.3 Å². The van der Waals surface area contributed by atoms with Crippen LogP contribution in [0.4, 0.5) is 11.4 Å². The molecule has 2 aromatic carbocycles. The zero-order chi connectivity index (χ0) is 35.5. The molecule has 0 aromatic heterocycles. The van der Waals surface area contributed by atoms with Crippen molar-refractivity contribution < 1.29 is 63.5 Å². The van der Waals surface area contributed by atoms with E-state index in [0.29, 0.717) is 0 Å². The molecule has 252 valence electrons. The van der Waals surface area contributed by atoms with Crippen LogP contribution >= 0.6 is 0 Å². The predicted molar refractivity (Wildman–Crippen MR) is 164 cm³/mol. The van der Waals surface area contributed by atoms with Crippen molar-refractivity contribution in [3.8, 4) is 0 Å². The maximum absolute atomic E-state index is 12.7. The Morgan fingerprint density at radius 3 is 1.22 bits per heavy atom. The van der Waals surface area contributed by atoms with Gasteiger partial charge in [0.05, 0.1) is 51.6 Å². The lowest BCUT2D eigenvalue weighted by molar-refractivity contribution is -0.154. The molecule has 8 atom stereocenters. The molecule has 4 aliphatic carbocycles. The second-order valence-corrected chi connectivity index (χ2v) is 12.6. The number of esters is 2. The molecule has 15 heteroatoms. The number of aromatic carboxylic acids is 4. The van der Waals surface area contributed by atoms with E-state index in [4.69, 9.17) is 26.2 Å². The Morgan fingerprint density at radius 1 is 0.551 bits per heavy atom. The minimum absolute atomic E-state index is 0.0103. The predicted octanol–water partition coefficient (Wildman–Crippen LogP) is 2.57. The molecular formula is C34H28N2O13. The summed E-state index contributed by atoms with van der Waals surface area (Å²) in [6, 6.07) is 6.80. The first-order valence-corrected chi connectivity index (χ1v) is 15.1. The molecule has 15 nitrogen and oxygen atoms in total. The van der Waals surface area contributed by atoms with Crippen molar-refractivity contribution in [1.82, 2.24) is 0 Å². The van der Waals surface area contributed by atoms with E-state index >= 15 is 0 Å². The monoisotopic (exact) mass is 672 g/mol. The third-order valence-electron chi connectivity index (χ3n) is 9.79. The Morgan fingerprint density at radius 2 is 0.878 bits per heavy atom. The fourth-order valence-electron chi connectivity index (χ4n) is 7.74. The molecule has 2 heterocycles. The first-order chi connectivity index (χ1) is 23.2. The molecule has 8 unspecified atom stereocenters. The number of benzene rings is 2. The minimum atomic E-state index is -1.32. The van der Waals surface area contributed by atoms with Crippen LogP contribution in [0.3, 0.4) is 0 Å². The van der Waals surface area contributed by atoms with Gasteiger partial charge in [0.1, 0.15) is 0 Å². The third-order valence-corrected chi connectivity index (χ3v) is 9.79. The fourth-order valence-corrected chi connectivity index (χ4v) is 7.74. The van der Waals surface area contributed by atoms with Gasteiger partial charge in [0.2, 0.25) is 11.8 Å². The van der Waals surface area contributed by atoms with Gasteiger partial charge in [-0.05, 0) is 72.9 Å². The summed E-state index contributed by atoms with van der Waals surface area (Å²) in [7, 11) is 0. The van der Waals surface area contributed by atoms with E-state index in [1.807, 2.05) is 24.3 Å². The molecule has 2 aliphatic heterocycles. The number of anilines is 2. The lowest BCUT2D eigenvalue weighted by Crippen LogP contribution is -2.33. The second-order valence-electron chi connectivity index (χ2n) is 12.6. The highest BCUT2D eigenvalue weighted by Crippen LogP contribution is 2.53. The summed E-state index contributed by atoms with van der Waals surface area (Å²) in [5.74, 6) is -6.91. The van der Waals surface area contributed by atoms with E-state index in [0.717, 1.165) is 29.9 Å². The highest BCUT2D eigenvalue weighted by molar-refractivity contribution is 6.23. The number of nitrogens with zero attached hydrogens (tertiary/aromatic N) is 1. The standard InChI is InChI=1S/C17H13NO6.C9H8O3.C8H7NO4/c19-14-12-7-1-2-8(3-7)13(12)15(20)18(14)11-5-9(16(21)22)4-10(6-11)17(23)24;10-8-6-4-1-2-5(3-4)7(6)9(11)12-8;9-6-2-4(7(10)11)1-5(3-6)8(12)13/h1-2,4-8,12-13H,3H2,(H,21,22)(H,23,24);1-2,4-7H,3H2;1-3H,9H2,(H,10,11)(H,12,13). The van der Waals surface area contributed by atoms with Crippen LogP contribution in [-0.4, -0.2) is 68.1 Å².